The van der Waals surface area contributed by atoms with Gasteiger partial charge in [0.05, 0.1) is 32.3 Å². The Kier molecular flexibility index (Phi) is 3.19. The predicted octanol–water partition coefficient (Wildman–Crippen LogP) is 0.920. The number of hydrogen-bond acceptors (Lipinski definition) is 3. The number of hydroxylamine groups is 2. The largest absolute Gasteiger partial charge is 0.329 e. The van der Waals surface area contributed by atoms with Gasteiger partial charge < -0.3 is 4.48 Å². The van der Waals surface area contributed by atoms with Crippen LogP contribution in [0.5, 0.6) is 0 Å². The van der Waals surface area contributed by atoms with Crippen molar-refractivity contribution in [2.24, 2.45) is 0 Å². The van der Waals surface area contributed by atoms with Crippen LogP contribution in [-0.2, 0) is 4.84 Å². The normalized spacial score (nSPS) is 15.2. The van der Waals surface area contributed by atoms with Crippen molar-refractivity contribution in [2.75, 3.05) is 34.3 Å². The maximum Gasteiger partial charge on any atom is 0.285 e. The number of imide groups is 1. The van der Waals surface area contributed by atoms with E-state index in [1.54, 1.807) is 24.3 Å². The standard InChI is InChI=1S/C13H17N2O3/c1-15(2,3)8-9-18-14-12(16)10-6-4-5-7-11(10)13(14)17/h4-7H,8-9H2,1-3H3/q+1. The molecule has 5 nitrogen and oxygen atoms in total. The highest BCUT2D eigenvalue weighted by Gasteiger charge is 2.36. The molecule has 1 aliphatic rings. The first-order chi connectivity index (χ1) is 8.40. The van der Waals surface area contributed by atoms with E-state index < -0.39 is 0 Å². The van der Waals surface area contributed by atoms with E-state index in [9.17, 15) is 9.59 Å². The van der Waals surface area contributed by atoms with Crippen LogP contribution in [0, 0.1) is 0 Å². The van der Waals surface area contributed by atoms with Crippen molar-refractivity contribution < 1.29 is 18.9 Å². The maximum absolute atomic E-state index is 11.9. The van der Waals surface area contributed by atoms with Gasteiger partial charge >= 0.3 is 0 Å². The van der Waals surface area contributed by atoms with E-state index in [-0.39, 0.29) is 11.8 Å². The fraction of sp³-hybridized carbons (Fsp3) is 0.385. The molecule has 0 bridgehead atoms. The third kappa shape index (κ3) is 2.42. The summed E-state index contributed by atoms with van der Waals surface area (Å²) in [6, 6.07) is 6.75. The highest BCUT2D eigenvalue weighted by molar-refractivity contribution is 6.20. The number of nitrogens with zero attached hydrogens (tertiary/aromatic N) is 2. The molecule has 2 amide bonds. The van der Waals surface area contributed by atoms with Gasteiger partial charge in [-0.2, -0.15) is 0 Å². The van der Waals surface area contributed by atoms with Crippen LogP contribution in [0.4, 0.5) is 0 Å². The van der Waals surface area contributed by atoms with Gasteiger partial charge in [0.15, 0.2) is 0 Å². The first-order valence-electron chi connectivity index (χ1n) is 5.81. The van der Waals surface area contributed by atoms with Gasteiger partial charge in [0.2, 0.25) is 0 Å². The molecule has 1 aliphatic heterocycles. The molecule has 0 saturated heterocycles. The lowest BCUT2D eigenvalue weighted by Crippen LogP contribution is -2.40. The number of fused-ring (bicyclic) bond motifs is 1. The number of rotatable bonds is 4. The van der Waals surface area contributed by atoms with Gasteiger partial charge in [-0.05, 0) is 12.1 Å². The summed E-state index contributed by atoms with van der Waals surface area (Å²) in [6.45, 7) is 1.04. The predicted molar refractivity (Wildman–Crippen MR) is 65.8 cm³/mol. The van der Waals surface area contributed by atoms with Gasteiger partial charge in [-0.25, -0.2) is 0 Å². The van der Waals surface area contributed by atoms with Crippen molar-refractivity contribution in [2.45, 2.75) is 0 Å². The number of hydrogen-bond donors (Lipinski definition) is 0. The summed E-state index contributed by atoms with van der Waals surface area (Å²) >= 11 is 0. The fourth-order valence-corrected chi connectivity index (χ4v) is 1.69. The summed E-state index contributed by atoms with van der Waals surface area (Å²) in [5.41, 5.74) is 0.820. The number of quaternary nitrogens is 1. The lowest BCUT2D eigenvalue weighted by molar-refractivity contribution is -0.871. The summed E-state index contributed by atoms with van der Waals surface area (Å²) in [5.74, 6) is -0.756. The number of benzene rings is 1. The van der Waals surface area contributed by atoms with Gasteiger partial charge in [-0.15, -0.1) is 5.06 Å². The molecule has 5 heteroatoms. The van der Waals surface area contributed by atoms with Crippen molar-refractivity contribution >= 4 is 11.8 Å². The summed E-state index contributed by atoms with van der Waals surface area (Å²) in [6.07, 6.45) is 0. The Hall–Kier alpha value is -1.72. The van der Waals surface area contributed by atoms with Crippen molar-refractivity contribution in [3.05, 3.63) is 35.4 Å². The molecule has 1 aromatic rings. The number of carbonyl (C=O) groups excluding carboxylic acids is 2. The van der Waals surface area contributed by atoms with Crippen molar-refractivity contribution in [1.29, 1.82) is 0 Å². The van der Waals surface area contributed by atoms with E-state index in [4.69, 9.17) is 4.84 Å². The first-order valence-corrected chi connectivity index (χ1v) is 5.81. The van der Waals surface area contributed by atoms with Crippen LogP contribution in [0.25, 0.3) is 0 Å². The molecule has 0 fully saturated rings. The molecule has 2 rings (SSSR count). The lowest BCUT2D eigenvalue weighted by Gasteiger charge is -2.24. The van der Waals surface area contributed by atoms with Crippen LogP contribution in [0.3, 0.4) is 0 Å². The van der Waals surface area contributed by atoms with E-state index >= 15 is 0 Å². The van der Waals surface area contributed by atoms with Gasteiger partial charge in [0.25, 0.3) is 11.8 Å². The van der Waals surface area contributed by atoms with E-state index in [1.807, 2.05) is 21.1 Å². The molecule has 1 heterocycles. The third-order valence-electron chi connectivity index (χ3n) is 2.74. The minimum Gasteiger partial charge on any atom is -0.329 e. The Morgan fingerprint density at radius 3 is 2.00 bits per heavy atom. The van der Waals surface area contributed by atoms with Gasteiger partial charge in [-0.3, -0.25) is 14.4 Å². The average molecular weight is 249 g/mol. The highest BCUT2D eigenvalue weighted by Crippen LogP contribution is 2.22. The van der Waals surface area contributed by atoms with Crippen LogP contribution in [0.15, 0.2) is 24.3 Å². The van der Waals surface area contributed by atoms with Crippen molar-refractivity contribution in [3.63, 3.8) is 0 Å². The fourth-order valence-electron chi connectivity index (χ4n) is 1.69. The second-order valence-electron chi connectivity index (χ2n) is 5.30. The van der Waals surface area contributed by atoms with Gasteiger partial charge in [0, 0.05) is 0 Å². The quantitative estimate of drug-likeness (QED) is 0.589. The average Bonchev–Trinajstić information content (AvgIpc) is 2.53. The van der Waals surface area contributed by atoms with Gasteiger partial charge in [0.1, 0.15) is 13.2 Å². The van der Waals surface area contributed by atoms with Crippen LogP contribution >= 0.6 is 0 Å². The summed E-state index contributed by atoms with van der Waals surface area (Å²) in [5, 5.41) is 0.861. The first kappa shape index (κ1) is 12.7. The van der Waals surface area contributed by atoms with Gasteiger partial charge in [-0.1, -0.05) is 12.1 Å². The van der Waals surface area contributed by atoms with Crippen LogP contribution in [0.1, 0.15) is 20.7 Å². The molecule has 0 saturated carbocycles. The summed E-state index contributed by atoms with van der Waals surface area (Å²) < 4.78 is 0.711. The maximum atomic E-state index is 11.9. The van der Waals surface area contributed by atoms with Crippen molar-refractivity contribution in [1.82, 2.24) is 5.06 Å². The molecule has 0 unspecified atom stereocenters. The second-order valence-corrected chi connectivity index (χ2v) is 5.30. The molecule has 0 radical (unpaired) electrons. The zero-order valence-electron chi connectivity index (χ0n) is 10.8. The van der Waals surface area contributed by atoms with E-state index in [1.165, 1.54) is 0 Å². The molecule has 1 aromatic carbocycles. The molecule has 18 heavy (non-hydrogen) atoms. The van der Waals surface area contributed by atoms with Crippen molar-refractivity contribution in [3.8, 4) is 0 Å². The minimum absolute atomic E-state index is 0.328. The minimum atomic E-state index is -0.378. The smallest absolute Gasteiger partial charge is 0.285 e. The summed E-state index contributed by atoms with van der Waals surface area (Å²) in [4.78, 5) is 29.2. The molecular formula is C13H17N2O3+. The number of likely N-dealkylation sites (N-methyl/N-ethyl adjacent to an activating group) is 1. The Labute approximate surface area is 106 Å². The molecule has 96 valence electrons. The highest BCUT2D eigenvalue weighted by atomic mass is 16.7. The number of carbonyl (C=O) groups is 2. The second kappa shape index (κ2) is 4.51. The number of amides is 2. The zero-order chi connectivity index (χ0) is 13.3. The van der Waals surface area contributed by atoms with E-state index in [0.717, 1.165) is 5.06 Å². The topological polar surface area (TPSA) is 46.6 Å². The Morgan fingerprint density at radius 2 is 1.56 bits per heavy atom. The molecule has 0 atom stereocenters. The summed E-state index contributed by atoms with van der Waals surface area (Å²) in [7, 11) is 6.06. The molecule has 0 spiro atoms. The Balaban J connectivity index is 2.05. The van der Waals surface area contributed by atoms with Crippen LogP contribution in [0.2, 0.25) is 0 Å². The molecule has 0 aromatic heterocycles. The Bertz CT molecular complexity index is 456. The zero-order valence-corrected chi connectivity index (χ0v) is 10.8. The Morgan fingerprint density at radius 1 is 1.06 bits per heavy atom. The molecule has 0 N–H and O–H groups in total. The van der Waals surface area contributed by atoms with Crippen LogP contribution in [-0.4, -0.2) is 55.7 Å². The van der Waals surface area contributed by atoms with E-state index in [0.29, 0.717) is 28.8 Å². The monoisotopic (exact) mass is 249 g/mol. The third-order valence-corrected chi connectivity index (χ3v) is 2.74. The molecular weight excluding hydrogens is 232 g/mol. The van der Waals surface area contributed by atoms with E-state index in [2.05, 4.69) is 0 Å². The van der Waals surface area contributed by atoms with Crippen LogP contribution < -0.4 is 0 Å². The molecule has 0 aliphatic carbocycles. The SMILES string of the molecule is C[N+](C)(C)CCON1C(=O)c2ccccc2C1=O. The lowest BCUT2D eigenvalue weighted by atomic mass is 10.1.